The molecule has 1 heterocycles. The van der Waals surface area contributed by atoms with Gasteiger partial charge in [0.1, 0.15) is 0 Å². The van der Waals surface area contributed by atoms with Crippen LogP contribution in [0.1, 0.15) is 39.0 Å². The van der Waals surface area contributed by atoms with Gasteiger partial charge in [-0.05, 0) is 50.8 Å². The fraction of sp³-hybridized carbons (Fsp3) is 0.526. The SMILES string of the molecule is Cc1[nH]c2cccc(Cl)c2c1CCNC(=O)C(C)NC(C)C(C)C. The van der Waals surface area contributed by atoms with E-state index in [1.54, 1.807) is 0 Å². The van der Waals surface area contributed by atoms with Gasteiger partial charge in [-0.1, -0.05) is 31.5 Å². The summed E-state index contributed by atoms with van der Waals surface area (Å²) in [5.41, 5.74) is 3.32. The third-order valence-corrected chi connectivity index (χ3v) is 4.99. The Morgan fingerprint density at radius 3 is 2.62 bits per heavy atom. The van der Waals surface area contributed by atoms with Crippen LogP contribution in [0, 0.1) is 12.8 Å². The Kier molecular flexibility index (Phi) is 6.30. The van der Waals surface area contributed by atoms with E-state index in [1.165, 1.54) is 5.56 Å². The van der Waals surface area contributed by atoms with Crippen LogP contribution in [0.25, 0.3) is 10.9 Å². The molecular formula is C19H28ClN3O. The second-order valence-corrected chi connectivity index (χ2v) is 7.26. The zero-order valence-electron chi connectivity index (χ0n) is 15.2. The minimum atomic E-state index is -0.199. The molecule has 0 fully saturated rings. The van der Waals surface area contributed by atoms with Crippen molar-refractivity contribution in [3.8, 4) is 0 Å². The number of hydrogen-bond acceptors (Lipinski definition) is 2. The molecule has 0 aliphatic heterocycles. The van der Waals surface area contributed by atoms with Crippen LogP contribution in [0.4, 0.5) is 0 Å². The molecule has 0 saturated heterocycles. The maximum Gasteiger partial charge on any atom is 0.236 e. The number of rotatable bonds is 7. The second kappa shape index (κ2) is 8.04. The Labute approximate surface area is 149 Å². The van der Waals surface area contributed by atoms with Gasteiger partial charge in [0.2, 0.25) is 5.91 Å². The molecule has 0 aliphatic carbocycles. The predicted molar refractivity (Wildman–Crippen MR) is 102 cm³/mol. The standard InChI is InChI=1S/C19H28ClN3O/c1-11(2)12(3)22-14(5)19(24)21-10-9-15-13(4)23-17-8-6-7-16(20)18(15)17/h6-8,11-12,14,22-23H,9-10H2,1-5H3,(H,21,24). The van der Waals surface area contributed by atoms with E-state index in [0.29, 0.717) is 18.5 Å². The van der Waals surface area contributed by atoms with Crippen molar-refractivity contribution in [1.29, 1.82) is 0 Å². The first-order valence-electron chi connectivity index (χ1n) is 8.60. The average Bonchev–Trinajstić information content (AvgIpc) is 2.84. The number of benzene rings is 1. The lowest BCUT2D eigenvalue weighted by molar-refractivity contribution is -0.122. The first-order chi connectivity index (χ1) is 11.3. The number of halogens is 1. The molecule has 1 aromatic heterocycles. The predicted octanol–water partition coefficient (Wildman–Crippen LogP) is 3.81. The molecule has 4 nitrogen and oxygen atoms in total. The minimum absolute atomic E-state index is 0.0334. The Morgan fingerprint density at radius 1 is 1.25 bits per heavy atom. The number of aryl methyl sites for hydroxylation is 1. The van der Waals surface area contributed by atoms with Crippen molar-refractivity contribution in [3.63, 3.8) is 0 Å². The highest BCUT2D eigenvalue weighted by atomic mass is 35.5. The third-order valence-electron chi connectivity index (χ3n) is 4.67. The van der Waals surface area contributed by atoms with Gasteiger partial charge in [0.25, 0.3) is 0 Å². The number of aromatic nitrogens is 1. The molecule has 24 heavy (non-hydrogen) atoms. The van der Waals surface area contributed by atoms with Gasteiger partial charge in [0, 0.05) is 29.2 Å². The highest BCUT2D eigenvalue weighted by Crippen LogP contribution is 2.29. The lowest BCUT2D eigenvalue weighted by Crippen LogP contribution is -2.47. The third kappa shape index (κ3) is 4.31. The van der Waals surface area contributed by atoms with Crippen LogP contribution in [0.15, 0.2) is 18.2 Å². The quantitative estimate of drug-likeness (QED) is 0.711. The molecule has 0 bridgehead atoms. The zero-order chi connectivity index (χ0) is 17.9. The van der Waals surface area contributed by atoms with Crippen molar-refractivity contribution >= 4 is 28.4 Å². The van der Waals surface area contributed by atoms with Gasteiger partial charge < -0.3 is 15.6 Å². The van der Waals surface area contributed by atoms with Gasteiger partial charge in [-0.3, -0.25) is 4.79 Å². The molecule has 2 atom stereocenters. The summed E-state index contributed by atoms with van der Waals surface area (Å²) in [5.74, 6) is 0.530. The molecular weight excluding hydrogens is 322 g/mol. The second-order valence-electron chi connectivity index (χ2n) is 6.85. The van der Waals surface area contributed by atoms with Crippen LogP contribution in [0.3, 0.4) is 0 Å². The maximum absolute atomic E-state index is 12.2. The highest BCUT2D eigenvalue weighted by Gasteiger charge is 2.17. The average molecular weight is 350 g/mol. The summed E-state index contributed by atoms with van der Waals surface area (Å²) in [5, 5.41) is 8.16. The van der Waals surface area contributed by atoms with Crippen LogP contribution in [-0.2, 0) is 11.2 Å². The molecule has 132 valence electrons. The van der Waals surface area contributed by atoms with Crippen molar-refractivity contribution in [2.75, 3.05) is 6.54 Å². The Balaban J connectivity index is 1.95. The molecule has 1 aromatic carbocycles. The molecule has 3 N–H and O–H groups in total. The molecule has 2 rings (SSSR count). The Bertz CT molecular complexity index is 708. The summed E-state index contributed by atoms with van der Waals surface area (Å²) < 4.78 is 0. The number of H-pyrrole nitrogens is 1. The highest BCUT2D eigenvalue weighted by molar-refractivity contribution is 6.35. The van der Waals surface area contributed by atoms with E-state index in [2.05, 4.69) is 36.4 Å². The van der Waals surface area contributed by atoms with E-state index < -0.39 is 0 Å². The number of aromatic amines is 1. The smallest absolute Gasteiger partial charge is 0.236 e. The summed E-state index contributed by atoms with van der Waals surface area (Å²) in [4.78, 5) is 15.6. The summed E-state index contributed by atoms with van der Waals surface area (Å²) in [6, 6.07) is 5.97. The van der Waals surface area contributed by atoms with Gasteiger partial charge in [0.15, 0.2) is 0 Å². The van der Waals surface area contributed by atoms with Gasteiger partial charge in [-0.2, -0.15) is 0 Å². The van der Waals surface area contributed by atoms with Crippen LogP contribution >= 0.6 is 11.6 Å². The first-order valence-corrected chi connectivity index (χ1v) is 8.98. The van der Waals surface area contributed by atoms with Gasteiger partial charge in [-0.15, -0.1) is 0 Å². The Morgan fingerprint density at radius 2 is 1.96 bits per heavy atom. The van der Waals surface area contributed by atoms with E-state index in [-0.39, 0.29) is 11.9 Å². The number of fused-ring (bicyclic) bond motifs is 1. The fourth-order valence-electron chi connectivity index (χ4n) is 2.84. The molecule has 0 radical (unpaired) electrons. The topological polar surface area (TPSA) is 56.9 Å². The molecule has 2 aromatic rings. The van der Waals surface area contributed by atoms with Crippen LogP contribution in [-0.4, -0.2) is 29.5 Å². The van der Waals surface area contributed by atoms with Crippen molar-refractivity contribution in [1.82, 2.24) is 15.6 Å². The minimum Gasteiger partial charge on any atom is -0.358 e. The van der Waals surface area contributed by atoms with E-state index in [9.17, 15) is 4.79 Å². The summed E-state index contributed by atoms with van der Waals surface area (Å²) >= 11 is 6.34. The Hall–Kier alpha value is -1.52. The monoisotopic (exact) mass is 349 g/mol. The molecule has 0 spiro atoms. The lowest BCUT2D eigenvalue weighted by atomic mass is 10.1. The fourth-order valence-corrected chi connectivity index (χ4v) is 3.13. The molecule has 5 heteroatoms. The number of nitrogens with one attached hydrogen (secondary N) is 3. The summed E-state index contributed by atoms with van der Waals surface area (Å²) in [6.45, 7) is 10.9. The van der Waals surface area contributed by atoms with Crippen molar-refractivity contribution in [3.05, 3.63) is 34.5 Å². The van der Waals surface area contributed by atoms with Crippen molar-refractivity contribution < 1.29 is 4.79 Å². The summed E-state index contributed by atoms with van der Waals surface area (Å²) in [7, 11) is 0. The van der Waals surface area contributed by atoms with Crippen molar-refractivity contribution in [2.45, 2.75) is 53.1 Å². The number of amides is 1. The van der Waals surface area contributed by atoms with E-state index in [4.69, 9.17) is 11.6 Å². The van der Waals surface area contributed by atoms with Gasteiger partial charge in [0.05, 0.1) is 11.1 Å². The van der Waals surface area contributed by atoms with Crippen LogP contribution in [0.5, 0.6) is 0 Å². The molecule has 2 unspecified atom stereocenters. The van der Waals surface area contributed by atoms with Gasteiger partial charge >= 0.3 is 0 Å². The van der Waals surface area contributed by atoms with E-state index in [1.807, 2.05) is 32.0 Å². The zero-order valence-corrected chi connectivity index (χ0v) is 15.9. The molecule has 0 saturated carbocycles. The number of carbonyl (C=O) groups is 1. The van der Waals surface area contributed by atoms with Crippen LogP contribution < -0.4 is 10.6 Å². The number of hydrogen-bond donors (Lipinski definition) is 3. The molecule has 1 amide bonds. The van der Waals surface area contributed by atoms with Crippen LogP contribution in [0.2, 0.25) is 5.02 Å². The maximum atomic E-state index is 12.2. The van der Waals surface area contributed by atoms with Gasteiger partial charge in [-0.25, -0.2) is 0 Å². The normalized spacial score (nSPS) is 14.1. The largest absolute Gasteiger partial charge is 0.358 e. The van der Waals surface area contributed by atoms with Crippen molar-refractivity contribution in [2.24, 2.45) is 5.92 Å². The molecule has 0 aliphatic rings. The van der Waals surface area contributed by atoms with E-state index in [0.717, 1.165) is 28.0 Å². The summed E-state index contributed by atoms with van der Waals surface area (Å²) in [6.07, 6.45) is 0.758. The lowest BCUT2D eigenvalue weighted by Gasteiger charge is -2.22. The first kappa shape index (κ1) is 18.8. The van der Waals surface area contributed by atoms with E-state index >= 15 is 0 Å². The number of carbonyl (C=O) groups excluding carboxylic acids is 1.